The predicted molar refractivity (Wildman–Crippen MR) is 124 cm³/mol. The highest BCUT2D eigenvalue weighted by molar-refractivity contribution is 6.31. The van der Waals surface area contributed by atoms with Crippen molar-refractivity contribution in [2.24, 2.45) is 5.73 Å². The summed E-state index contributed by atoms with van der Waals surface area (Å²) in [5.41, 5.74) is 1.55. The van der Waals surface area contributed by atoms with Gasteiger partial charge in [0.25, 0.3) is 5.91 Å². The smallest absolute Gasteiger partial charge is 0.409 e. The van der Waals surface area contributed by atoms with E-state index in [2.05, 4.69) is 5.32 Å². The van der Waals surface area contributed by atoms with E-state index in [9.17, 15) is 36.3 Å². The molecule has 7 nitrogen and oxygen atoms in total. The fourth-order valence-corrected chi connectivity index (χ4v) is 4.97. The van der Waals surface area contributed by atoms with Crippen molar-refractivity contribution in [2.45, 2.75) is 18.8 Å². The molecule has 2 aliphatic rings. The number of nitrogens with zero attached hydrogens (tertiary/aromatic N) is 1. The Morgan fingerprint density at radius 2 is 1.82 bits per heavy atom. The van der Waals surface area contributed by atoms with E-state index in [0.717, 1.165) is 17.0 Å². The van der Waals surface area contributed by atoms with Gasteiger partial charge in [0.15, 0.2) is 5.75 Å². The third-order valence-electron chi connectivity index (χ3n) is 6.31. The zero-order valence-electron chi connectivity index (χ0n) is 19.2. The number of hydrogen-bond acceptors (Lipinski definition) is 4. The first-order chi connectivity index (χ1) is 17.8. The number of nitrogens with one attached hydrogen (secondary N) is 1. The van der Waals surface area contributed by atoms with Crippen LogP contribution in [0.15, 0.2) is 36.4 Å². The monoisotopic (exact) mass is 551 g/mol. The standard InChI is InChI=1S/C25H15ClF5N3O4/c1-34-8-9-4-13(17-14(22(32)35)6-11(28)7-15(17)25(29,30)31)18-19(21(9)38-24(34)37)23(36)33-20(18)12-5-10(27)2-3-16(12)26/h2-7,20H,8H2,1H3,(H2,32,35)(H,33,36). The van der Waals surface area contributed by atoms with Crippen LogP contribution in [0.2, 0.25) is 5.02 Å². The minimum absolute atomic E-state index is 0.0180. The molecule has 0 aromatic heterocycles. The number of carbonyl (C=O) groups is 3. The van der Waals surface area contributed by atoms with Crippen molar-refractivity contribution in [2.75, 3.05) is 7.05 Å². The molecule has 5 rings (SSSR count). The average molecular weight is 552 g/mol. The quantitative estimate of drug-likeness (QED) is 0.438. The molecular weight excluding hydrogens is 537 g/mol. The van der Waals surface area contributed by atoms with Crippen LogP contribution < -0.4 is 15.8 Å². The van der Waals surface area contributed by atoms with E-state index < -0.39 is 58.5 Å². The molecule has 13 heteroatoms. The van der Waals surface area contributed by atoms with E-state index in [-0.39, 0.29) is 51.2 Å². The molecule has 3 amide bonds. The summed E-state index contributed by atoms with van der Waals surface area (Å²) in [5.74, 6) is -4.54. The number of fused-ring (bicyclic) bond motifs is 3. The zero-order chi connectivity index (χ0) is 27.7. The second kappa shape index (κ2) is 8.69. The Kier molecular flexibility index (Phi) is 5.82. The van der Waals surface area contributed by atoms with Gasteiger partial charge in [-0.3, -0.25) is 9.59 Å². The maximum atomic E-state index is 14.3. The minimum Gasteiger partial charge on any atom is -0.409 e. The van der Waals surface area contributed by atoms with Gasteiger partial charge >= 0.3 is 12.3 Å². The molecule has 0 fully saturated rings. The van der Waals surface area contributed by atoms with Crippen LogP contribution in [-0.4, -0.2) is 29.9 Å². The van der Waals surface area contributed by atoms with Gasteiger partial charge in [-0.25, -0.2) is 13.6 Å². The van der Waals surface area contributed by atoms with Crippen LogP contribution in [0.5, 0.6) is 5.75 Å². The van der Waals surface area contributed by atoms with Crippen LogP contribution >= 0.6 is 11.6 Å². The van der Waals surface area contributed by atoms with Crippen molar-refractivity contribution >= 4 is 29.5 Å². The largest absolute Gasteiger partial charge is 0.417 e. The van der Waals surface area contributed by atoms with Crippen molar-refractivity contribution in [3.05, 3.63) is 86.4 Å². The number of benzene rings is 3. The predicted octanol–water partition coefficient (Wildman–Crippen LogP) is 5.18. The van der Waals surface area contributed by atoms with Crippen molar-refractivity contribution in [1.82, 2.24) is 10.2 Å². The Labute approximate surface area is 215 Å². The lowest BCUT2D eigenvalue weighted by atomic mass is 9.83. The fraction of sp³-hybridized carbons (Fsp3) is 0.160. The number of ether oxygens (including phenoxy) is 1. The fourth-order valence-electron chi connectivity index (χ4n) is 4.75. The molecule has 3 aromatic rings. The van der Waals surface area contributed by atoms with Gasteiger partial charge in [0.1, 0.15) is 11.6 Å². The third kappa shape index (κ3) is 4.01. The second-order valence-corrected chi connectivity index (χ2v) is 9.14. The highest BCUT2D eigenvalue weighted by atomic mass is 35.5. The Morgan fingerprint density at radius 3 is 2.47 bits per heavy atom. The van der Waals surface area contributed by atoms with E-state index >= 15 is 0 Å². The number of amides is 3. The Morgan fingerprint density at radius 1 is 1.11 bits per heavy atom. The average Bonchev–Trinajstić information content (AvgIpc) is 3.17. The van der Waals surface area contributed by atoms with Gasteiger partial charge in [-0.15, -0.1) is 0 Å². The first kappa shape index (κ1) is 25.5. The zero-order valence-corrected chi connectivity index (χ0v) is 19.9. The molecule has 0 aliphatic carbocycles. The summed E-state index contributed by atoms with van der Waals surface area (Å²) in [6.07, 6.45) is -5.99. The molecule has 2 heterocycles. The van der Waals surface area contributed by atoms with Crippen molar-refractivity contribution in [3.8, 4) is 16.9 Å². The number of rotatable bonds is 3. The van der Waals surface area contributed by atoms with Crippen LogP contribution in [-0.2, 0) is 12.7 Å². The van der Waals surface area contributed by atoms with E-state index in [0.29, 0.717) is 6.07 Å². The van der Waals surface area contributed by atoms with Crippen LogP contribution in [0.4, 0.5) is 26.7 Å². The maximum absolute atomic E-state index is 14.3. The highest BCUT2D eigenvalue weighted by Gasteiger charge is 2.43. The van der Waals surface area contributed by atoms with Gasteiger partial charge in [-0.05, 0) is 42.0 Å². The first-order valence-electron chi connectivity index (χ1n) is 10.9. The van der Waals surface area contributed by atoms with Crippen LogP contribution in [0, 0.1) is 11.6 Å². The van der Waals surface area contributed by atoms with Crippen LogP contribution in [0.1, 0.15) is 49.0 Å². The normalized spacial score (nSPS) is 16.6. The van der Waals surface area contributed by atoms with Crippen LogP contribution in [0.25, 0.3) is 11.1 Å². The molecule has 3 N–H and O–H groups in total. The number of alkyl halides is 3. The number of carbonyl (C=O) groups excluding carboxylic acids is 3. The van der Waals surface area contributed by atoms with Gasteiger partial charge in [0.2, 0.25) is 5.91 Å². The summed E-state index contributed by atoms with van der Waals surface area (Å²) in [7, 11) is 1.36. The summed E-state index contributed by atoms with van der Waals surface area (Å²) < 4.78 is 76.5. The van der Waals surface area contributed by atoms with Crippen LogP contribution in [0.3, 0.4) is 0 Å². The Hall–Kier alpha value is -4.19. The van der Waals surface area contributed by atoms with Gasteiger partial charge in [0, 0.05) is 34.3 Å². The van der Waals surface area contributed by atoms with Gasteiger partial charge < -0.3 is 20.7 Å². The molecule has 3 aromatic carbocycles. The lowest BCUT2D eigenvalue weighted by Gasteiger charge is -2.28. The number of primary amides is 1. The van der Waals surface area contributed by atoms with E-state index in [1.807, 2.05) is 0 Å². The summed E-state index contributed by atoms with van der Waals surface area (Å²) in [6, 6.07) is 3.85. The maximum Gasteiger partial charge on any atom is 0.417 e. The van der Waals surface area contributed by atoms with Gasteiger partial charge in [0.05, 0.1) is 29.3 Å². The SMILES string of the molecule is CN1Cc2cc(-c3c(C(N)=O)cc(F)cc3C(F)(F)F)c3c(c2OC1=O)C(=O)NC3c1cc(F)ccc1Cl. The van der Waals surface area contributed by atoms with Crippen molar-refractivity contribution in [1.29, 1.82) is 0 Å². The van der Waals surface area contributed by atoms with Gasteiger partial charge in [-0.1, -0.05) is 11.6 Å². The van der Waals surface area contributed by atoms with Gasteiger partial charge in [-0.2, -0.15) is 13.2 Å². The topological polar surface area (TPSA) is 102 Å². The molecule has 2 aliphatic heterocycles. The first-order valence-corrected chi connectivity index (χ1v) is 11.2. The second-order valence-electron chi connectivity index (χ2n) is 8.74. The molecule has 0 spiro atoms. The summed E-state index contributed by atoms with van der Waals surface area (Å²) in [5, 5.41) is 2.51. The molecule has 0 radical (unpaired) electrons. The van der Waals surface area contributed by atoms with E-state index in [1.54, 1.807) is 0 Å². The summed E-state index contributed by atoms with van der Waals surface area (Å²) >= 11 is 6.27. The summed E-state index contributed by atoms with van der Waals surface area (Å²) in [6.45, 7) is -0.165. The summed E-state index contributed by atoms with van der Waals surface area (Å²) in [4.78, 5) is 38.9. The Balaban J connectivity index is 1.94. The lowest BCUT2D eigenvalue weighted by Crippen LogP contribution is -2.34. The highest BCUT2D eigenvalue weighted by Crippen LogP contribution is 2.50. The van der Waals surface area contributed by atoms with E-state index in [4.69, 9.17) is 22.1 Å². The number of hydrogen-bond donors (Lipinski definition) is 2. The Bertz CT molecular complexity index is 1570. The number of halogens is 6. The minimum atomic E-state index is -5.16. The molecule has 196 valence electrons. The number of nitrogens with two attached hydrogens (primary N) is 1. The molecule has 1 atom stereocenters. The van der Waals surface area contributed by atoms with Crippen molar-refractivity contribution < 1.29 is 41.1 Å². The molecule has 0 bridgehead atoms. The molecule has 0 saturated heterocycles. The molecular formula is C25H15ClF5N3O4. The molecule has 1 unspecified atom stereocenters. The van der Waals surface area contributed by atoms with E-state index in [1.165, 1.54) is 19.2 Å². The third-order valence-corrected chi connectivity index (χ3v) is 6.65. The molecule has 38 heavy (non-hydrogen) atoms. The van der Waals surface area contributed by atoms with Crippen molar-refractivity contribution in [3.63, 3.8) is 0 Å². The lowest BCUT2D eigenvalue weighted by molar-refractivity contribution is -0.137. The molecule has 0 saturated carbocycles.